The number of amides is 1. The van der Waals surface area contributed by atoms with Crippen LogP contribution in [0.2, 0.25) is 5.02 Å². The summed E-state index contributed by atoms with van der Waals surface area (Å²) in [4.78, 5) is 11.9. The summed E-state index contributed by atoms with van der Waals surface area (Å²) in [7, 11) is 0. The van der Waals surface area contributed by atoms with Crippen molar-refractivity contribution in [2.75, 3.05) is 17.2 Å². The predicted octanol–water partition coefficient (Wildman–Crippen LogP) is 3.71. The van der Waals surface area contributed by atoms with Crippen LogP contribution in [0.15, 0.2) is 36.4 Å². The number of nitrogens with one attached hydrogen (secondary N) is 2. The highest BCUT2D eigenvalue weighted by Crippen LogP contribution is 2.23. The highest BCUT2D eigenvalue weighted by molar-refractivity contribution is 6.31. The highest BCUT2D eigenvalue weighted by atomic mass is 35.5. The topological polar surface area (TPSA) is 64.9 Å². The van der Waals surface area contributed by atoms with Gasteiger partial charge in [0.05, 0.1) is 12.2 Å². The lowest BCUT2D eigenvalue weighted by Crippen LogP contribution is -2.22. The largest absolute Gasteiger partial charge is 0.375 e. The average molecular weight is 318 g/mol. The SMILES string of the molecule is Cc1c(Cl)cccc1NC(=O)CNc1cccc(F)c1C#N. The summed E-state index contributed by atoms with van der Waals surface area (Å²) in [6, 6.07) is 11.2. The summed E-state index contributed by atoms with van der Waals surface area (Å²) in [6.07, 6.45) is 0. The number of nitrogens with zero attached hydrogens (tertiary/aromatic N) is 1. The number of carbonyl (C=O) groups excluding carboxylic acids is 1. The molecule has 0 bridgehead atoms. The van der Waals surface area contributed by atoms with Gasteiger partial charge in [-0.25, -0.2) is 4.39 Å². The molecule has 0 atom stereocenters. The second kappa shape index (κ2) is 6.92. The van der Waals surface area contributed by atoms with Gasteiger partial charge < -0.3 is 10.6 Å². The van der Waals surface area contributed by atoms with Crippen LogP contribution in [0.4, 0.5) is 15.8 Å². The summed E-state index contributed by atoms with van der Waals surface area (Å²) in [6.45, 7) is 1.70. The third kappa shape index (κ3) is 3.54. The van der Waals surface area contributed by atoms with Crippen LogP contribution >= 0.6 is 11.6 Å². The molecule has 0 unspecified atom stereocenters. The Kier molecular flexibility index (Phi) is 4.97. The Balaban J connectivity index is 2.04. The molecule has 112 valence electrons. The number of halogens is 2. The summed E-state index contributed by atoms with van der Waals surface area (Å²) in [5.74, 6) is -0.947. The van der Waals surface area contributed by atoms with E-state index in [1.807, 2.05) is 0 Å². The number of carbonyl (C=O) groups is 1. The quantitative estimate of drug-likeness (QED) is 0.903. The molecule has 6 heteroatoms. The monoisotopic (exact) mass is 317 g/mol. The van der Waals surface area contributed by atoms with E-state index < -0.39 is 5.82 Å². The van der Waals surface area contributed by atoms with Gasteiger partial charge in [0.1, 0.15) is 17.4 Å². The second-order valence-electron chi connectivity index (χ2n) is 4.59. The third-order valence-corrected chi connectivity index (χ3v) is 3.52. The van der Waals surface area contributed by atoms with E-state index in [1.54, 1.807) is 37.3 Å². The molecule has 2 N–H and O–H groups in total. The van der Waals surface area contributed by atoms with Gasteiger partial charge in [0.25, 0.3) is 0 Å². The van der Waals surface area contributed by atoms with Crippen LogP contribution < -0.4 is 10.6 Å². The van der Waals surface area contributed by atoms with E-state index >= 15 is 0 Å². The van der Waals surface area contributed by atoms with Crippen molar-refractivity contribution >= 4 is 28.9 Å². The molecule has 0 saturated carbocycles. The number of hydrogen-bond acceptors (Lipinski definition) is 3. The van der Waals surface area contributed by atoms with Gasteiger partial charge >= 0.3 is 0 Å². The maximum absolute atomic E-state index is 13.4. The Morgan fingerprint density at radius 1 is 1.27 bits per heavy atom. The Bertz CT molecular complexity index is 756. The zero-order valence-corrected chi connectivity index (χ0v) is 12.5. The maximum Gasteiger partial charge on any atom is 0.243 e. The Morgan fingerprint density at radius 3 is 2.68 bits per heavy atom. The van der Waals surface area contributed by atoms with Crippen molar-refractivity contribution in [2.45, 2.75) is 6.92 Å². The van der Waals surface area contributed by atoms with Crippen molar-refractivity contribution in [2.24, 2.45) is 0 Å². The molecule has 0 aliphatic heterocycles. The number of nitriles is 1. The van der Waals surface area contributed by atoms with Crippen molar-refractivity contribution in [3.63, 3.8) is 0 Å². The van der Waals surface area contributed by atoms with E-state index in [4.69, 9.17) is 16.9 Å². The van der Waals surface area contributed by atoms with Crippen molar-refractivity contribution in [3.05, 3.63) is 58.4 Å². The molecule has 22 heavy (non-hydrogen) atoms. The molecular formula is C16H13ClFN3O. The van der Waals surface area contributed by atoms with Gasteiger partial charge in [-0.05, 0) is 36.8 Å². The molecular weight excluding hydrogens is 305 g/mol. The van der Waals surface area contributed by atoms with Gasteiger partial charge in [-0.2, -0.15) is 5.26 Å². The Morgan fingerprint density at radius 2 is 1.95 bits per heavy atom. The van der Waals surface area contributed by atoms with Crippen LogP contribution in [-0.4, -0.2) is 12.5 Å². The fourth-order valence-corrected chi connectivity index (χ4v) is 2.07. The summed E-state index contributed by atoms with van der Waals surface area (Å²) in [5, 5.41) is 14.9. The van der Waals surface area contributed by atoms with Crippen molar-refractivity contribution < 1.29 is 9.18 Å². The minimum atomic E-state index is -0.626. The van der Waals surface area contributed by atoms with E-state index in [9.17, 15) is 9.18 Å². The third-order valence-electron chi connectivity index (χ3n) is 3.11. The fourth-order valence-electron chi connectivity index (χ4n) is 1.90. The van der Waals surface area contributed by atoms with E-state index in [0.717, 1.165) is 5.56 Å². The van der Waals surface area contributed by atoms with Crippen LogP contribution in [0.25, 0.3) is 0 Å². The minimum absolute atomic E-state index is 0.0932. The summed E-state index contributed by atoms with van der Waals surface area (Å²) >= 11 is 5.98. The van der Waals surface area contributed by atoms with E-state index in [1.165, 1.54) is 12.1 Å². The van der Waals surface area contributed by atoms with Gasteiger partial charge in [0, 0.05) is 10.7 Å². The molecule has 0 spiro atoms. The van der Waals surface area contributed by atoms with Gasteiger partial charge in [0.2, 0.25) is 5.91 Å². The molecule has 2 aromatic rings. The molecule has 0 aliphatic rings. The summed E-state index contributed by atoms with van der Waals surface area (Å²) in [5.41, 5.74) is 1.54. The zero-order valence-electron chi connectivity index (χ0n) is 11.8. The Labute approximate surface area is 132 Å². The lowest BCUT2D eigenvalue weighted by atomic mass is 10.2. The van der Waals surface area contributed by atoms with Gasteiger partial charge in [-0.15, -0.1) is 0 Å². The zero-order chi connectivity index (χ0) is 16.1. The molecule has 1 amide bonds. The Hall–Kier alpha value is -2.58. The lowest BCUT2D eigenvalue weighted by Gasteiger charge is -2.11. The van der Waals surface area contributed by atoms with E-state index in [0.29, 0.717) is 10.7 Å². The second-order valence-corrected chi connectivity index (χ2v) is 5.00. The molecule has 0 aromatic heterocycles. The van der Waals surface area contributed by atoms with Gasteiger partial charge in [-0.3, -0.25) is 4.79 Å². The first kappa shape index (κ1) is 15.8. The van der Waals surface area contributed by atoms with Crippen LogP contribution in [0, 0.1) is 24.1 Å². The fraction of sp³-hybridized carbons (Fsp3) is 0.125. The molecule has 2 aromatic carbocycles. The number of anilines is 2. The molecule has 0 heterocycles. The van der Waals surface area contributed by atoms with Gasteiger partial charge in [-0.1, -0.05) is 23.7 Å². The summed E-state index contributed by atoms with van der Waals surface area (Å²) < 4.78 is 13.4. The highest BCUT2D eigenvalue weighted by Gasteiger charge is 2.10. The molecule has 2 rings (SSSR count). The smallest absolute Gasteiger partial charge is 0.243 e. The van der Waals surface area contributed by atoms with Gasteiger partial charge in [0.15, 0.2) is 0 Å². The molecule has 0 aliphatic carbocycles. The van der Waals surface area contributed by atoms with Crippen LogP contribution in [0.1, 0.15) is 11.1 Å². The van der Waals surface area contributed by atoms with Crippen molar-refractivity contribution in [1.29, 1.82) is 5.26 Å². The van der Waals surface area contributed by atoms with Crippen molar-refractivity contribution in [3.8, 4) is 6.07 Å². The first-order chi connectivity index (χ1) is 10.5. The van der Waals surface area contributed by atoms with Crippen LogP contribution in [0.5, 0.6) is 0 Å². The minimum Gasteiger partial charge on any atom is -0.375 e. The number of benzene rings is 2. The van der Waals surface area contributed by atoms with Crippen LogP contribution in [-0.2, 0) is 4.79 Å². The standard InChI is InChI=1S/C16H13ClFN3O/c1-10-12(17)4-2-6-14(10)21-16(22)9-20-15-7-3-5-13(18)11(15)8-19/h2-7,20H,9H2,1H3,(H,21,22). The first-order valence-electron chi connectivity index (χ1n) is 6.50. The molecule has 0 saturated heterocycles. The lowest BCUT2D eigenvalue weighted by molar-refractivity contribution is -0.114. The van der Waals surface area contributed by atoms with Crippen molar-refractivity contribution in [1.82, 2.24) is 0 Å². The van der Waals surface area contributed by atoms with E-state index in [2.05, 4.69) is 10.6 Å². The molecule has 0 fully saturated rings. The van der Waals surface area contributed by atoms with Crippen LogP contribution in [0.3, 0.4) is 0 Å². The predicted molar refractivity (Wildman–Crippen MR) is 84.4 cm³/mol. The maximum atomic E-state index is 13.4. The number of rotatable bonds is 4. The molecule has 4 nitrogen and oxygen atoms in total. The number of hydrogen-bond donors (Lipinski definition) is 2. The first-order valence-corrected chi connectivity index (χ1v) is 6.88. The normalized spacial score (nSPS) is 9.91. The average Bonchev–Trinajstić information content (AvgIpc) is 2.50. The molecule has 0 radical (unpaired) electrons. The van der Waals surface area contributed by atoms with E-state index in [-0.39, 0.29) is 23.7 Å².